The lowest BCUT2D eigenvalue weighted by Gasteiger charge is -2.44. The molecule has 5 rings (SSSR count). The van der Waals surface area contributed by atoms with Crippen LogP contribution in [-0.4, -0.2) is 34.1 Å². The van der Waals surface area contributed by atoms with Gasteiger partial charge < -0.3 is 9.88 Å². The maximum Gasteiger partial charge on any atom is 0.329 e. The number of nitrogens with zero attached hydrogens (tertiary/aromatic N) is 2. The van der Waals surface area contributed by atoms with Crippen molar-refractivity contribution in [1.29, 1.82) is 0 Å². The Labute approximate surface area is 129 Å². The predicted octanol–water partition coefficient (Wildman–Crippen LogP) is 1.72. The van der Waals surface area contributed by atoms with Crippen molar-refractivity contribution in [3.05, 3.63) is 43.5 Å². The minimum Gasteiger partial charge on any atom is -0.307 e. The van der Waals surface area contributed by atoms with Crippen molar-refractivity contribution in [2.75, 3.05) is 19.6 Å². The molecular formula is C15H16BrN3O2. The third-order valence-electron chi connectivity index (χ3n) is 4.84. The Hall–Kier alpha value is -1.40. The molecule has 3 saturated heterocycles. The van der Waals surface area contributed by atoms with E-state index in [2.05, 4.69) is 25.8 Å². The number of halogens is 1. The van der Waals surface area contributed by atoms with Crippen LogP contribution in [0, 0.1) is 5.92 Å². The molecule has 6 heteroatoms. The molecule has 0 spiro atoms. The van der Waals surface area contributed by atoms with Gasteiger partial charge >= 0.3 is 5.69 Å². The quantitative estimate of drug-likeness (QED) is 0.852. The summed E-state index contributed by atoms with van der Waals surface area (Å²) in [6, 6.07) is 5.39. The Bertz CT molecular complexity index is 818. The van der Waals surface area contributed by atoms with Crippen LogP contribution in [0.4, 0.5) is 0 Å². The Balaban J connectivity index is 1.93. The zero-order valence-corrected chi connectivity index (χ0v) is 13.1. The standard InChI is InChI=1S/C15H16BrN3O2/c16-10-1-2-12-11(7-10)14(20)19(15(21)17-12)13-8-18-5-3-9(13)4-6-18/h1-2,7,9,13H,3-6,8H2,(H,17,21). The fourth-order valence-corrected chi connectivity index (χ4v) is 4.09. The smallest absolute Gasteiger partial charge is 0.307 e. The normalized spacial score (nSPS) is 28.1. The Morgan fingerprint density at radius 3 is 2.62 bits per heavy atom. The molecule has 0 amide bonds. The molecule has 1 N–H and O–H groups in total. The Morgan fingerprint density at radius 1 is 1.19 bits per heavy atom. The second kappa shape index (κ2) is 4.81. The second-order valence-corrected chi connectivity index (χ2v) is 6.92. The van der Waals surface area contributed by atoms with Crippen LogP contribution in [0.5, 0.6) is 0 Å². The van der Waals surface area contributed by atoms with Gasteiger partial charge in [-0.25, -0.2) is 4.79 Å². The molecule has 5 nitrogen and oxygen atoms in total. The molecular weight excluding hydrogens is 334 g/mol. The first kappa shape index (κ1) is 13.3. The lowest BCUT2D eigenvalue weighted by molar-refractivity contribution is 0.0536. The summed E-state index contributed by atoms with van der Waals surface area (Å²) in [7, 11) is 0. The molecule has 3 fully saturated rings. The van der Waals surface area contributed by atoms with Crippen LogP contribution in [0.15, 0.2) is 32.3 Å². The first-order valence-corrected chi connectivity index (χ1v) is 8.09. The van der Waals surface area contributed by atoms with Crippen LogP contribution < -0.4 is 11.2 Å². The third kappa shape index (κ3) is 2.08. The minimum atomic E-state index is -0.284. The first-order chi connectivity index (χ1) is 10.1. The van der Waals surface area contributed by atoms with Gasteiger partial charge in [-0.1, -0.05) is 15.9 Å². The topological polar surface area (TPSA) is 58.1 Å². The summed E-state index contributed by atoms with van der Waals surface area (Å²) >= 11 is 3.39. The number of piperidine rings is 3. The number of fused-ring (bicyclic) bond motifs is 4. The summed E-state index contributed by atoms with van der Waals surface area (Å²) in [5, 5.41) is 0.570. The minimum absolute atomic E-state index is 0.00660. The number of H-pyrrole nitrogens is 1. The summed E-state index contributed by atoms with van der Waals surface area (Å²) in [4.78, 5) is 30.4. The molecule has 0 saturated carbocycles. The van der Waals surface area contributed by atoms with Crippen molar-refractivity contribution >= 4 is 26.8 Å². The van der Waals surface area contributed by atoms with Crippen LogP contribution in [0.2, 0.25) is 0 Å². The van der Waals surface area contributed by atoms with Gasteiger partial charge in [0.05, 0.1) is 16.9 Å². The van der Waals surface area contributed by atoms with Gasteiger partial charge in [0.1, 0.15) is 0 Å². The monoisotopic (exact) mass is 349 g/mol. The molecule has 0 aliphatic carbocycles. The van der Waals surface area contributed by atoms with E-state index in [0.29, 0.717) is 16.8 Å². The molecule has 4 heterocycles. The Kier molecular flexibility index (Phi) is 3.04. The van der Waals surface area contributed by atoms with Gasteiger partial charge in [0.25, 0.3) is 5.56 Å². The molecule has 0 radical (unpaired) electrons. The van der Waals surface area contributed by atoms with Gasteiger partial charge in [0.2, 0.25) is 0 Å². The lowest BCUT2D eigenvalue weighted by Crippen LogP contribution is -2.53. The van der Waals surface area contributed by atoms with Gasteiger partial charge in [-0.2, -0.15) is 0 Å². The highest BCUT2D eigenvalue weighted by atomic mass is 79.9. The van der Waals surface area contributed by atoms with Crippen LogP contribution in [0.25, 0.3) is 10.9 Å². The SMILES string of the molecule is O=c1[nH]c2ccc(Br)cc2c(=O)n1C1CN2CCC1CC2. The second-order valence-electron chi connectivity index (χ2n) is 6.00. The molecule has 110 valence electrons. The van der Waals surface area contributed by atoms with E-state index in [4.69, 9.17) is 0 Å². The van der Waals surface area contributed by atoms with Crippen molar-refractivity contribution in [3.8, 4) is 0 Å². The van der Waals surface area contributed by atoms with Crippen LogP contribution in [0.1, 0.15) is 18.9 Å². The molecule has 1 unspecified atom stereocenters. The Morgan fingerprint density at radius 2 is 1.95 bits per heavy atom. The summed E-state index contributed by atoms with van der Waals surface area (Å²) in [6.07, 6.45) is 2.15. The highest BCUT2D eigenvalue weighted by Crippen LogP contribution is 2.34. The van der Waals surface area contributed by atoms with E-state index in [1.54, 1.807) is 12.1 Å². The average Bonchev–Trinajstić information content (AvgIpc) is 2.49. The fourth-order valence-electron chi connectivity index (χ4n) is 3.73. The number of rotatable bonds is 1. The van der Waals surface area contributed by atoms with E-state index >= 15 is 0 Å². The number of hydrogen-bond donors (Lipinski definition) is 1. The number of nitrogens with one attached hydrogen (secondary N) is 1. The van der Waals surface area contributed by atoms with Crippen LogP contribution in [-0.2, 0) is 0 Å². The lowest BCUT2D eigenvalue weighted by atomic mass is 9.84. The maximum absolute atomic E-state index is 12.8. The van der Waals surface area contributed by atoms with Crippen molar-refractivity contribution < 1.29 is 0 Å². The summed E-state index contributed by atoms with van der Waals surface area (Å²) in [6.45, 7) is 2.99. The largest absolute Gasteiger partial charge is 0.329 e. The molecule has 1 aromatic carbocycles. The van der Waals surface area contributed by atoms with Gasteiger partial charge in [-0.05, 0) is 50.0 Å². The van der Waals surface area contributed by atoms with Crippen molar-refractivity contribution in [1.82, 2.24) is 14.5 Å². The highest BCUT2D eigenvalue weighted by Gasteiger charge is 2.36. The fraction of sp³-hybridized carbons (Fsp3) is 0.467. The van der Waals surface area contributed by atoms with Crippen molar-refractivity contribution in [2.24, 2.45) is 5.92 Å². The number of aromatic nitrogens is 2. The van der Waals surface area contributed by atoms with E-state index in [1.165, 1.54) is 4.57 Å². The zero-order valence-electron chi connectivity index (χ0n) is 11.5. The summed E-state index contributed by atoms with van der Waals surface area (Å²) in [5.74, 6) is 0.443. The van der Waals surface area contributed by atoms with Crippen molar-refractivity contribution in [3.63, 3.8) is 0 Å². The zero-order chi connectivity index (χ0) is 14.6. The van der Waals surface area contributed by atoms with E-state index < -0.39 is 0 Å². The van der Waals surface area contributed by atoms with Gasteiger partial charge in [0, 0.05) is 11.0 Å². The average molecular weight is 350 g/mol. The van der Waals surface area contributed by atoms with Gasteiger partial charge in [-0.15, -0.1) is 0 Å². The third-order valence-corrected chi connectivity index (χ3v) is 5.34. The van der Waals surface area contributed by atoms with Gasteiger partial charge in [0.15, 0.2) is 0 Å². The number of benzene rings is 1. The molecule has 2 aromatic rings. The summed E-state index contributed by atoms with van der Waals surface area (Å²) in [5.41, 5.74) is 0.146. The van der Waals surface area contributed by atoms with E-state index in [0.717, 1.165) is 36.9 Å². The van der Waals surface area contributed by atoms with E-state index in [-0.39, 0.29) is 17.3 Å². The molecule has 3 aliphatic rings. The molecule has 1 atom stereocenters. The summed E-state index contributed by atoms with van der Waals surface area (Å²) < 4.78 is 2.30. The maximum atomic E-state index is 12.8. The molecule has 2 bridgehead atoms. The molecule has 21 heavy (non-hydrogen) atoms. The van der Waals surface area contributed by atoms with Crippen LogP contribution >= 0.6 is 15.9 Å². The number of hydrogen-bond acceptors (Lipinski definition) is 3. The highest BCUT2D eigenvalue weighted by molar-refractivity contribution is 9.10. The molecule has 1 aromatic heterocycles. The molecule has 3 aliphatic heterocycles. The number of aromatic amines is 1. The van der Waals surface area contributed by atoms with E-state index in [1.807, 2.05) is 6.07 Å². The van der Waals surface area contributed by atoms with Gasteiger partial charge in [-0.3, -0.25) is 9.36 Å². The van der Waals surface area contributed by atoms with Crippen molar-refractivity contribution in [2.45, 2.75) is 18.9 Å². The van der Waals surface area contributed by atoms with E-state index in [9.17, 15) is 9.59 Å². The predicted molar refractivity (Wildman–Crippen MR) is 84.7 cm³/mol. The van der Waals surface area contributed by atoms with Crippen LogP contribution in [0.3, 0.4) is 0 Å². The first-order valence-electron chi connectivity index (χ1n) is 7.30.